The van der Waals surface area contributed by atoms with E-state index in [9.17, 15) is 9.18 Å². The molecule has 0 saturated heterocycles. The largest absolute Gasteiger partial charge is 0.293 e. The van der Waals surface area contributed by atoms with E-state index in [0.717, 1.165) is 12.1 Å². The van der Waals surface area contributed by atoms with E-state index in [1.165, 1.54) is 12.1 Å². The number of benzene rings is 1. The van der Waals surface area contributed by atoms with E-state index in [-0.39, 0.29) is 17.5 Å². The Morgan fingerprint density at radius 1 is 1.47 bits per heavy atom. The van der Waals surface area contributed by atoms with Crippen molar-refractivity contribution >= 4 is 17.2 Å². The number of carbonyl (C=O) groups is 1. The van der Waals surface area contributed by atoms with E-state index >= 15 is 0 Å². The van der Waals surface area contributed by atoms with Gasteiger partial charge in [0.15, 0.2) is 5.78 Å². The molecule has 2 nitrogen and oxygen atoms in total. The van der Waals surface area contributed by atoms with Gasteiger partial charge in [-0.25, -0.2) is 4.39 Å². The van der Waals surface area contributed by atoms with Gasteiger partial charge in [-0.05, 0) is 31.5 Å². The number of hydrogen-bond donors (Lipinski definition) is 0. The normalized spacial score (nSPS) is 19.8. The van der Waals surface area contributed by atoms with Crippen molar-refractivity contribution in [3.8, 4) is 0 Å². The third-order valence-corrected chi connectivity index (χ3v) is 2.74. The molecule has 0 aliphatic carbocycles. The second-order valence-corrected chi connectivity index (χ2v) is 3.70. The standard InChI is InChI=1S/C12H12FNO/c1-3-10-7(2)12(15)9-6-8(13)4-5-11(9)14-10/h4-7H,3H2,1-2H3. The highest BCUT2D eigenvalue weighted by Crippen LogP contribution is 2.29. The highest BCUT2D eigenvalue weighted by atomic mass is 19.1. The summed E-state index contributed by atoms with van der Waals surface area (Å²) in [6.45, 7) is 3.79. The summed E-state index contributed by atoms with van der Waals surface area (Å²) in [6.07, 6.45) is 0.754. The van der Waals surface area contributed by atoms with E-state index in [0.29, 0.717) is 11.3 Å². The fourth-order valence-corrected chi connectivity index (χ4v) is 1.82. The smallest absolute Gasteiger partial charge is 0.173 e. The Morgan fingerprint density at radius 2 is 2.20 bits per heavy atom. The van der Waals surface area contributed by atoms with Crippen LogP contribution in [0.4, 0.5) is 10.1 Å². The van der Waals surface area contributed by atoms with Crippen molar-refractivity contribution in [2.24, 2.45) is 10.9 Å². The van der Waals surface area contributed by atoms with Gasteiger partial charge in [0.05, 0.1) is 11.6 Å². The highest BCUT2D eigenvalue weighted by molar-refractivity contribution is 6.17. The molecule has 1 aliphatic heterocycles. The van der Waals surface area contributed by atoms with Gasteiger partial charge >= 0.3 is 0 Å². The molecule has 0 saturated carbocycles. The number of nitrogens with zero attached hydrogens (tertiary/aromatic N) is 1. The van der Waals surface area contributed by atoms with Crippen molar-refractivity contribution in [3.05, 3.63) is 29.6 Å². The number of carbonyl (C=O) groups excluding carboxylic acids is 1. The third-order valence-electron chi connectivity index (χ3n) is 2.74. The zero-order valence-electron chi connectivity index (χ0n) is 8.75. The molecule has 2 rings (SSSR count). The average molecular weight is 205 g/mol. The van der Waals surface area contributed by atoms with E-state index in [1.807, 2.05) is 13.8 Å². The van der Waals surface area contributed by atoms with E-state index in [1.54, 1.807) is 6.07 Å². The van der Waals surface area contributed by atoms with Crippen molar-refractivity contribution in [2.75, 3.05) is 0 Å². The summed E-state index contributed by atoms with van der Waals surface area (Å²) in [7, 11) is 0. The van der Waals surface area contributed by atoms with Crippen LogP contribution in [0.25, 0.3) is 0 Å². The fraction of sp³-hybridized carbons (Fsp3) is 0.333. The summed E-state index contributed by atoms with van der Waals surface area (Å²) in [5.41, 5.74) is 1.87. The predicted molar refractivity (Wildman–Crippen MR) is 57.3 cm³/mol. The first-order chi connectivity index (χ1) is 7.13. The Morgan fingerprint density at radius 3 is 2.87 bits per heavy atom. The van der Waals surface area contributed by atoms with E-state index in [2.05, 4.69) is 4.99 Å². The van der Waals surface area contributed by atoms with Crippen LogP contribution in [-0.4, -0.2) is 11.5 Å². The Kier molecular flexibility index (Phi) is 2.39. The summed E-state index contributed by atoms with van der Waals surface area (Å²) >= 11 is 0. The van der Waals surface area contributed by atoms with Gasteiger partial charge in [-0.1, -0.05) is 6.92 Å². The minimum absolute atomic E-state index is 0.0312. The zero-order valence-corrected chi connectivity index (χ0v) is 8.75. The molecule has 1 aliphatic rings. The lowest BCUT2D eigenvalue weighted by molar-refractivity contribution is 0.0959. The van der Waals surface area contributed by atoms with Gasteiger partial charge in [0, 0.05) is 11.3 Å². The molecule has 78 valence electrons. The molecule has 0 bridgehead atoms. The van der Waals surface area contributed by atoms with E-state index in [4.69, 9.17) is 0 Å². The Balaban J connectivity index is 2.59. The number of halogens is 1. The van der Waals surface area contributed by atoms with Crippen molar-refractivity contribution in [3.63, 3.8) is 0 Å². The lowest BCUT2D eigenvalue weighted by Crippen LogP contribution is -2.24. The lowest BCUT2D eigenvalue weighted by Gasteiger charge is -2.19. The molecule has 1 aromatic rings. The minimum atomic E-state index is -0.385. The van der Waals surface area contributed by atoms with Crippen LogP contribution in [-0.2, 0) is 0 Å². The quantitative estimate of drug-likeness (QED) is 0.692. The van der Waals surface area contributed by atoms with Crippen molar-refractivity contribution in [1.29, 1.82) is 0 Å². The number of fused-ring (bicyclic) bond motifs is 1. The molecular weight excluding hydrogens is 193 g/mol. The van der Waals surface area contributed by atoms with Gasteiger partial charge in [-0.2, -0.15) is 0 Å². The van der Waals surface area contributed by atoms with Crippen molar-refractivity contribution < 1.29 is 9.18 Å². The molecule has 15 heavy (non-hydrogen) atoms. The van der Waals surface area contributed by atoms with E-state index < -0.39 is 0 Å². The molecule has 1 aromatic carbocycles. The number of ketones is 1. The van der Waals surface area contributed by atoms with Crippen LogP contribution in [0.15, 0.2) is 23.2 Å². The average Bonchev–Trinajstić information content (AvgIpc) is 2.24. The predicted octanol–water partition coefficient (Wildman–Crippen LogP) is 3.14. The molecular formula is C12H12FNO. The SMILES string of the molecule is CCC1=Nc2ccc(F)cc2C(=O)C1C. The van der Waals surface area contributed by atoms with Gasteiger partial charge in [0.2, 0.25) is 0 Å². The van der Waals surface area contributed by atoms with Gasteiger partial charge in [0.1, 0.15) is 5.82 Å². The number of rotatable bonds is 1. The molecule has 0 fully saturated rings. The van der Waals surface area contributed by atoms with Crippen LogP contribution >= 0.6 is 0 Å². The Hall–Kier alpha value is -1.51. The first kappa shape index (κ1) is 10.0. The van der Waals surface area contributed by atoms with Crippen molar-refractivity contribution in [1.82, 2.24) is 0 Å². The van der Waals surface area contributed by atoms with Crippen LogP contribution in [0.5, 0.6) is 0 Å². The van der Waals surface area contributed by atoms with Crippen molar-refractivity contribution in [2.45, 2.75) is 20.3 Å². The van der Waals surface area contributed by atoms with Crippen LogP contribution in [0, 0.1) is 11.7 Å². The fourth-order valence-electron chi connectivity index (χ4n) is 1.82. The summed E-state index contributed by atoms with van der Waals surface area (Å²) in [6, 6.07) is 4.16. The maximum Gasteiger partial charge on any atom is 0.173 e. The number of Topliss-reactive ketones (excluding diaryl/α,β-unsaturated/α-hetero) is 1. The van der Waals surface area contributed by atoms with Gasteiger partial charge in [-0.3, -0.25) is 9.79 Å². The molecule has 3 heteroatoms. The molecule has 0 N–H and O–H groups in total. The monoisotopic (exact) mass is 205 g/mol. The first-order valence-electron chi connectivity index (χ1n) is 5.04. The topological polar surface area (TPSA) is 29.4 Å². The number of hydrogen-bond acceptors (Lipinski definition) is 2. The summed E-state index contributed by atoms with van der Waals surface area (Å²) in [5, 5.41) is 0. The highest BCUT2D eigenvalue weighted by Gasteiger charge is 2.26. The lowest BCUT2D eigenvalue weighted by atomic mass is 9.89. The first-order valence-corrected chi connectivity index (χ1v) is 5.04. The van der Waals surface area contributed by atoms with Gasteiger partial charge in [0.25, 0.3) is 0 Å². The van der Waals surface area contributed by atoms with Crippen LogP contribution in [0.3, 0.4) is 0 Å². The minimum Gasteiger partial charge on any atom is -0.293 e. The summed E-state index contributed by atoms with van der Waals surface area (Å²) < 4.78 is 13.0. The molecule has 1 unspecified atom stereocenters. The molecule has 0 radical (unpaired) electrons. The summed E-state index contributed by atoms with van der Waals surface area (Å²) in [5.74, 6) is -0.634. The zero-order chi connectivity index (χ0) is 11.0. The molecule has 0 spiro atoms. The summed E-state index contributed by atoms with van der Waals surface area (Å²) in [4.78, 5) is 16.3. The van der Waals surface area contributed by atoms with Crippen LogP contribution in [0.1, 0.15) is 30.6 Å². The molecule has 0 aromatic heterocycles. The molecule has 1 atom stereocenters. The Labute approximate surface area is 87.8 Å². The second-order valence-electron chi connectivity index (χ2n) is 3.70. The van der Waals surface area contributed by atoms with Gasteiger partial charge in [-0.15, -0.1) is 0 Å². The third kappa shape index (κ3) is 1.58. The number of aliphatic imine (C=N–C) groups is 1. The maximum absolute atomic E-state index is 13.0. The molecule has 1 heterocycles. The molecule has 0 amide bonds. The van der Waals surface area contributed by atoms with Crippen LogP contribution < -0.4 is 0 Å². The van der Waals surface area contributed by atoms with Gasteiger partial charge < -0.3 is 0 Å². The van der Waals surface area contributed by atoms with Crippen LogP contribution in [0.2, 0.25) is 0 Å². The maximum atomic E-state index is 13.0. The Bertz CT molecular complexity index is 451. The second kappa shape index (κ2) is 3.57.